The van der Waals surface area contributed by atoms with Crippen molar-refractivity contribution >= 4 is 0 Å². The van der Waals surface area contributed by atoms with Gasteiger partial charge in [-0.3, -0.25) is 0 Å². The summed E-state index contributed by atoms with van der Waals surface area (Å²) in [5.41, 5.74) is 1.000. The summed E-state index contributed by atoms with van der Waals surface area (Å²) in [7, 11) is 0. The van der Waals surface area contributed by atoms with E-state index in [-0.39, 0.29) is 6.04 Å². The summed E-state index contributed by atoms with van der Waals surface area (Å²) in [6.07, 6.45) is 0. The van der Waals surface area contributed by atoms with Gasteiger partial charge in [-0.25, -0.2) is 0 Å². The van der Waals surface area contributed by atoms with Gasteiger partial charge in [0.05, 0.1) is 6.04 Å². The predicted octanol–water partition coefficient (Wildman–Crippen LogP) is 2.15. The number of aromatic nitrogens is 4. The molecule has 0 bridgehead atoms. The molecule has 0 amide bonds. The first kappa shape index (κ1) is 13.7. The van der Waals surface area contributed by atoms with Gasteiger partial charge < -0.3 is 5.32 Å². The van der Waals surface area contributed by atoms with Gasteiger partial charge in [-0.2, -0.15) is 4.80 Å². The molecule has 1 aromatic carbocycles. The van der Waals surface area contributed by atoms with E-state index in [4.69, 9.17) is 0 Å². The van der Waals surface area contributed by atoms with Crippen molar-refractivity contribution in [2.24, 2.45) is 5.92 Å². The Balaban J connectivity index is 2.19. The van der Waals surface area contributed by atoms with Crippen LogP contribution >= 0.6 is 0 Å². The summed E-state index contributed by atoms with van der Waals surface area (Å²) in [5, 5.41) is 16.2. The van der Waals surface area contributed by atoms with E-state index in [1.165, 1.54) is 0 Å². The molecule has 5 nitrogen and oxygen atoms in total. The van der Waals surface area contributed by atoms with Crippen molar-refractivity contribution in [2.75, 3.05) is 13.1 Å². The molecule has 5 heteroatoms. The van der Waals surface area contributed by atoms with Crippen LogP contribution in [0.1, 0.15) is 26.8 Å². The van der Waals surface area contributed by atoms with Crippen molar-refractivity contribution in [3.63, 3.8) is 0 Å². The van der Waals surface area contributed by atoms with Gasteiger partial charge in [-0.1, -0.05) is 51.1 Å². The van der Waals surface area contributed by atoms with Gasteiger partial charge in [0.2, 0.25) is 5.82 Å². The largest absolute Gasteiger partial charge is 0.315 e. The first-order valence-corrected chi connectivity index (χ1v) is 6.78. The lowest BCUT2D eigenvalue weighted by atomic mass is 10.1. The zero-order chi connectivity index (χ0) is 13.7. The second kappa shape index (κ2) is 6.43. The van der Waals surface area contributed by atoms with Crippen LogP contribution in [0.2, 0.25) is 0 Å². The molecule has 1 unspecified atom stereocenters. The molecule has 1 N–H and O–H groups in total. The normalized spacial score (nSPS) is 12.8. The highest BCUT2D eigenvalue weighted by atomic mass is 15.6. The Bertz CT molecular complexity index is 492. The molecule has 0 aliphatic carbocycles. The molecule has 0 aliphatic heterocycles. The third-order valence-electron chi connectivity index (χ3n) is 3.13. The van der Waals surface area contributed by atoms with Crippen molar-refractivity contribution in [3.8, 4) is 11.4 Å². The van der Waals surface area contributed by atoms with Crippen LogP contribution in [0.15, 0.2) is 30.3 Å². The maximum Gasteiger partial charge on any atom is 0.204 e. The number of rotatable bonds is 6. The Hall–Kier alpha value is -1.75. The van der Waals surface area contributed by atoms with Crippen LogP contribution in [-0.4, -0.2) is 33.3 Å². The van der Waals surface area contributed by atoms with Crippen LogP contribution in [0.4, 0.5) is 0 Å². The third kappa shape index (κ3) is 3.38. The van der Waals surface area contributed by atoms with Crippen molar-refractivity contribution in [1.82, 2.24) is 25.5 Å². The van der Waals surface area contributed by atoms with Gasteiger partial charge in [0.1, 0.15) is 0 Å². The van der Waals surface area contributed by atoms with Gasteiger partial charge >= 0.3 is 0 Å². The van der Waals surface area contributed by atoms with Crippen LogP contribution in [-0.2, 0) is 0 Å². The summed E-state index contributed by atoms with van der Waals surface area (Å²) >= 11 is 0. The maximum atomic E-state index is 4.51. The molecule has 0 saturated heterocycles. The van der Waals surface area contributed by atoms with E-state index in [9.17, 15) is 0 Å². The molecule has 1 atom stereocenters. The summed E-state index contributed by atoms with van der Waals surface area (Å²) in [5.74, 6) is 1.14. The zero-order valence-electron chi connectivity index (χ0n) is 11.7. The van der Waals surface area contributed by atoms with Crippen LogP contribution < -0.4 is 5.32 Å². The SMILES string of the molecule is CCNCC(C(C)C)n1nnc(-c2ccccc2)n1. The van der Waals surface area contributed by atoms with Gasteiger partial charge in [-0.05, 0) is 17.7 Å². The van der Waals surface area contributed by atoms with Crippen LogP contribution in [0.3, 0.4) is 0 Å². The lowest BCUT2D eigenvalue weighted by molar-refractivity contribution is 0.297. The molecule has 0 aliphatic rings. The van der Waals surface area contributed by atoms with E-state index in [1.807, 2.05) is 30.3 Å². The van der Waals surface area contributed by atoms with Gasteiger partial charge in [0.25, 0.3) is 0 Å². The molecular formula is C14H21N5. The molecule has 19 heavy (non-hydrogen) atoms. The molecular weight excluding hydrogens is 238 g/mol. The first-order valence-electron chi connectivity index (χ1n) is 6.78. The van der Waals surface area contributed by atoms with Gasteiger partial charge in [0.15, 0.2) is 0 Å². The van der Waals surface area contributed by atoms with Crippen LogP contribution in [0, 0.1) is 5.92 Å². The first-order chi connectivity index (χ1) is 9.22. The minimum absolute atomic E-state index is 0.227. The van der Waals surface area contributed by atoms with Crippen LogP contribution in [0.5, 0.6) is 0 Å². The highest BCUT2D eigenvalue weighted by molar-refractivity contribution is 5.52. The molecule has 102 valence electrons. The minimum atomic E-state index is 0.227. The van der Waals surface area contributed by atoms with E-state index in [0.717, 1.165) is 18.7 Å². The highest BCUT2D eigenvalue weighted by Crippen LogP contribution is 2.17. The molecule has 2 rings (SSSR count). The minimum Gasteiger partial charge on any atom is -0.315 e. The number of hydrogen-bond donors (Lipinski definition) is 1. The number of likely N-dealkylation sites (N-methyl/N-ethyl adjacent to an activating group) is 1. The summed E-state index contributed by atoms with van der Waals surface area (Å²) < 4.78 is 0. The predicted molar refractivity (Wildman–Crippen MR) is 75.7 cm³/mol. The molecule has 1 aromatic heterocycles. The molecule has 2 aromatic rings. The van der Waals surface area contributed by atoms with Crippen molar-refractivity contribution in [3.05, 3.63) is 30.3 Å². The Morgan fingerprint density at radius 1 is 1.21 bits per heavy atom. The fourth-order valence-corrected chi connectivity index (χ4v) is 1.94. The standard InChI is InChI=1S/C14H21N5/c1-4-15-10-13(11(2)3)19-17-14(16-18-19)12-8-6-5-7-9-12/h5-9,11,13,15H,4,10H2,1-3H3. The lowest BCUT2D eigenvalue weighted by Gasteiger charge is -2.19. The summed E-state index contributed by atoms with van der Waals surface area (Å²) in [6.45, 7) is 8.25. The Morgan fingerprint density at radius 2 is 1.95 bits per heavy atom. The quantitative estimate of drug-likeness (QED) is 0.863. The van der Waals surface area contributed by atoms with E-state index in [1.54, 1.807) is 4.80 Å². The number of hydrogen-bond acceptors (Lipinski definition) is 4. The fourth-order valence-electron chi connectivity index (χ4n) is 1.94. The van der Waals surface area contributed by atoms with Gasteiger partial charge in [-0.15, -0.1) is 10.2 Å². The maximum absolute atomic E-state index is 4.51. The highest BCUT2D eigenvalue weighted by Gasteiger charge is 2.18. The average molecular weight is 259 g/mol. The lowest BCUT2D eigenvalue weighted by Crippen LogP contribution is -2.30. The van der Waals surface area contributed by atoms with Crippen molar-refractivity contribution in [1.29, 1.82) is 0 Å². The molecule has 1 heterocycles. The monoisotopic (exact) mass is 259 g/mol. The van der Waals surface area contributed by atoms with E-state index in [2.05, 4.69) is 41.5 Å². The summed E-state index contributed by atoms with van der Waals surface area (Å²) in [6, 6.07) is 10.2. The molecule has 0 saturated carbocycles. The average Bonchev–Trinajstić information content (AvgIpc) is 2.89. The Morgan fingerprint density at radius 3 is 2.58 bits per heavy atom. The Kier molecular flexibility index (Phi) is 4.63. The van der Waals surface area contributed by atoms with Crippen molar-refractivity contribution in [2.45, 2.75) is 26.8 Å². The van der Waals surface area contributed by atoms with Crippen LogP contribution in [0.25, 0.3) is 11.4 Å². The topological polar surface area (TPSA) is 55.6 Å². The van der Waals surface area contributed by atoms with E-state index in [0.29, 0.717) is 11.7 Å². The second-order valence-corrected chi connectivity index (χ2v) is 4.92. The molecule has 0 spiro atoms. The molecule has 0 fully saturated rings. The van der Waals surface area contributed by atoms with Crippen molar-refractivity contribution < 1.29 is 0 Å². The second-order valence-electron chi connectivity index (χ2n) is 4.92. The Labute approximate surface area is 114 Å². The molecule has 0 radical (unpaired) electrons. The zero-order valence-corrected chi connectivity index (χ0v) is 11.7. The third-order valence-corrected chi connectivity index (χ3v) is 3.13. The number of nitrogens with zero attached hydrogens (tertiary/aromatic N) is 4. The summed E-state index contributed by atoms with van der Waals surface area (Å²) in [4.78, 5) is 1.73. The fraction of sp³-hybridized carbons (Fsp3) is 0.500. The number of benzene rings is 1. The number of nitrogens with one attached hydrogen (secondary N) is 1. The smallest absolute Gasteiger partial charge is 0.204 e. The number of tetrazole rings is 1. The van der Waals surface area contributed by atoms with Gasteiger partial charge in [0, 0.05) is 12.1 Å². The van der Waals surface area contributed by atoms with E-state index < -0.39 is 0 Å². The van der Waals surface area contributed by atoms with E-state index >= 15 is 0 Å².